The molecular formula is C20H28IN3O2S. The van der Waals surface area contributed by atoms with Crippen molar-refractivity contribution < 1.29 is 8.95 Å². The van der Waals surface area contributed by atoms with E-state index in [1.165, 1.54) is 0 Å². The number of hydrogen-bond acceptors (Lipinski definition) is 3. The van der Waals surface area contributed by atoms with Crippen molar-refractivity contribution in [2.24, 2.45) is 4.99 Å². The van der Waals surface area contributed by atoms with Gasteiger partial charge in [-0.05, 0) is 11.1 Å². The lowest BCUT2D eigenvalue weighted by atomic mass is 10.2. The maximum Gasteiger partial charge on any atom is 0.191 e. The third-order valence-electron chi connectivity index (χ3n) is 3.67. The molecule has 0 aliphatic heterocycles. The van der Waals surface area contributed by atoms with Crippen molar-refractivity contribution in [1.82, 2.24) is 10.6 Å². The number of hydrogen-bond donors (Lipinski definition) is 2. The van der Waals surface area contributed by atoms with Crippen molar-refractivity contribution in [3.8, 4) is 0 Å². The van der Waals surface area contributed by atoms with E-state index >= 15 is 0 Å². The smallest absolute Gasteiger partial charge is 0.191 e. The summed E-state index contributed by atoms with van der Waals surface area (Å²) in [5.41, 5.74) is 2.26. The lowest BCUT2D eigenvalue weighted by molar-refractivity contribution is 0.125. The molecule has 0 saturated carbocycles. The predicted octanol–water partition coefficient (Wildman–Crippen LogP) is 2.94. The Morgan fingerprint density at radius 3 is 2.19 bits per heavy atom. The Morgan fingerprint density at radius 2 is 1.56 bits per heavy atom. The molecule has 2 N–H and O–H groups in total. The van der Waals surface area contributed by atoms with Gasteiger partial charge in [0.1, 0.15) is 0 Å². The zero-order valence-electron chi connectivity index (χ0n) is 15.6. The van der Waals surface area contributed by atoms with Gasteiger partial charge in [-0.25, -0.2) is 0 Å². The summed E-state index contributed by atoms with van der Waals surface area (Å²) in [4.78, 5) is 4.16. The van der Waals surface area contributed by atoms with E-state index in [4.69, 9.17) is 4.74 Å². The van der Waals surface area contributed by atoms with Crippen LogP contribution in [0.15, 0.2) is 65.7 Å². The summed E-state index contributed by atoms with van der Waals surface area (Å²) in [5, 5.41) is 6.38. The maximum atomic E-state index is 12.1. The first-order valence-electron chi connectivity index (χ1n) is 8.73. The topological polar surface area (TPSA) is 62.7 Å². The number of benzene rings is 2. The van der Waals surface area contributed by atoms with E-state index in [0.29, 0.717) is 43.8 Å². The van der Waals surface area contributed by atoms with Gasteiger partial charge in [-0.3, -0.25) is 9.20 Å². The molecule has 2 rings (SSSR count). The van der Waals surface area contributed by atoms with Gasteiger partial charge in [0.15, 0.2) is 5.96 Å². The highest BCUT2D eigenvalue weighted by molar-refractivity contribution is 14.0. The fraction of sp³-hybridized carbons (Fsp3) is 0.350. The molecule has 2 aromatic rings. The molecule has 0 aromatic heterocycles. The van der Waals surface area contributed by atoms with Gasteiger partial charge < -0.3 is 15.4 Å². The molecule has 0 radical (unpaired) electrons. The zero-order chi connectivity index (χ0) is 18.5. The molecule has 27 heavy (non-hydrogen) atoms. The van der Waals surface area contributed by atoms with Crippen LogP contribution in [0.4, 0.5) is 0 Å². The number of nitrogens with zero attached hydrogens (tertiary/aromatic N) is 1. The highest BCUT2D eigenvalue weighted by Crippen LogP contribution is 2.02. The first-order valence-corrected chi connectivity index (χ1v) is 10.2. The number of nitrogens with one attached hydrogen (secondary N) is 2. The summed E-state index contributed by atoms with van der Waals surface area (Å²) in [6.07, 6.45) is 0. The fourth-order valence-electron chi connectivity index (χ4n) is 2.34. The Balaban J connectivity index is 0.00000364. The Bertz CT molecular complexity index is 684. The van der Waals surface area contributed by atoms with Gasteiger partial charge >= 0.3 is 0 Å². The van der Waals surface area contributed by atoms with Crippen molar-refractivity contribution in [2.45, 2.75) is 12.4 Å². The van der Waals surface area contributed by atoms with Gasteiger partial charge in [-0.2, -0.15) is 0 Å². The molecule has 1 unspecified atom stereocenters. The monoisotopic (exact) mass is 501 g/mol. The van der Waals surface area contributed by atoms with Gasteiger partial charge in [0.25, 0.3) is 0 Å². The van der Waals surface area contributed by atoms with Crippen molar-refractivity contribution in [3.05, 3.63) is 71.8 Å². The molecule has 1 atom stereocenters. The van der Waals surface area contributed by atoms with Crippen LogP contribution in [0.2, 0.25) is 0 Å². The number of halogens is 1. The van der Waals surface area contributed by atoms with Crippen LogP contribution in [0.25, 0.3) is 0 Å². The van der Waals surface area contributed by atoms with Crippen LogP contribution in [0.5, 0.6) is 0 Å². The third-order valence-corrected chi connectivity index (χ3v) is 4.98. The largest absolute Gasteiger partial charge is 0.375 e. The molecule has 0 aliphatic carbocycles. The molecule has 0 spiro atoms. The van der Waals surface area contributed by atoms with E-state index in [0.717, 1.165) is 11.1 Å². The molecule has 0 aliphatic rings. The average Bonchev–Trinajstić information content (AvgIpc) is 2.68. The van der Waals surface area contributed by atoms with Crippen molar-refractivity contribution in [2.75, 3.05) is 32.5 Å². The highest BCUT2D eigenvalue weighted by atomic mass is 127. The molecule has 2 aromatic carbocycles. The summed E-state index contributed by atoms with van der Waals surface area (Å²) in [6.45, 7) is 2.48. The van der Waals surface area contributed by atoms with E-state index in [2.05, 4.69) is 15.6 Å². The number of rotatable bonds is 10. The minimum atomic E-state index is -0.889. The number of ether oxygens (including phenoxy) is 1. The lowest BCUT2D eigenvalue weighted by Gasteiger charge is -2.12. The molecule has 0 heterocycles. The number of guanidine groups is 1. The van der Waals surface area contributed by atoms with Crippen LogP contribution in [0.1, 0.15) is 11.1 Å². The van der Waals surface area contributed by atoms with Gasteiger partial charge in [-0.1, -0.05) is 60.7 Å². The molecule has 0 saturated heterocycles. The van der Waals surface area contributed by atoms with E-state index in [1.54, 1.807) is 7.05 Å². The van der Waals surface area contributed by atoms with Crippen LogP contribution in [0, 0.1) is 0 Å². The van der Waals surface area contributed by atoms with E-state index < -0.39 is 10.8 Å². The summed E-state index contributed by atoms with van der Waals surface area (Å²) < 4.78 is 17.7. The SMILES string of the molecule is CN=C(NCCOCc1ccccc1)NCCS(=O)Cc1ccccc1.I. The van der Waals surface area contributed by atoms with Gasteiger partial charge in [0.2, 0.25) is 0 Å². The van der Waals surface area contributed by atoms with Gasteiger partial charge in [0.05, 0.1) is 13.2 Å². The number of aliphatic imine (C=N–C) groups is 1. The summed E-state index contributed by atoms with van der Waals surface area (Å²) >= 11 is 0. The maximum absolute atomic E-state index is 12.1. The first kappa shape index (κ1) is 23.6. The molecule has 0 fully saturated rings. The average molecular weight is 501 g/mol. The second kappa shape index (κ2) is 14.6. The molecule has 7 heteroatoms. The standard InChI is InChI=1S/C20H27N3O2S.HI/c1-21-20(22-12-14-25-16-18-8-4-2-5-9-18)23-13-15-26(24)17-19-10-6-3-7-11-19;/h2-11H,12-17H2,1H3,(H2,21,22,23);1H. The minimum absolute atomic E-state index is 0. The lowest BCUT2D eigenvalue weighted by Crippen LogP contribution is -2.40. The summed E-state index contributed by atoms with van der Waals surface area (Å²) in [6, 6.07) is 20.0. The normalized spacial score (nSPS) is 12.1. The van der Waals surface area contributed by atoms with Gasteiger partial charge in [0, 0.05) is 42.4 Å². The third kappa shape index (κ3) is 10.5. The van der Waals surface area contributed by atoms with Crippen LogP contribution < -0.4 is 10.6 Å². The second-order valence-electron chi connectivity index (χ2n) is 5.74. The second-order valence-corrected chi connectivity index (χ2v) is 7.31. The Hall–Kier alpha value is -1.45. The molecule has 0 bridgehead atoms. The Labute approximate surface area is 181 Å². The Kier molecular flexibility index (Phi) is 12.7. The fourth-order valence-corrected chi connectivity index (χ4v) is 3.38. The molecule has 148 valence electrons. The van der Waals surface area contributed by atoms with E-state index in [9.17, 15) is 4.21 Å². The van der Waals surface area contributed by atoms with Gasteiger partial charge in [-0.15, -0.1) is 24.0 Å². The predicted molar refractivity (Wildman–Crippen MR) is 124 cm³/mol. The van der Waals surface area contributed by atoms with Crippen LogP contribution in [-0.2, 0) is 27.9 Å². The van der Waals surface area contributed by atoms with Crippen LogP contribution in [0.3, 0.4) is 0 Å². The van der Waals surface area contributed by atoms with E-state index in [-0.39, 0.29) is 24.0 Å². The zero-order valence-corrected chi connectivity index (χ0v) is 18.7. The quantitative estimate of drug-likeness (QED) is 0.228. The summed E-state index contributed by atoms with van der Waals surface area (Å²) in [5.74, 6) is 1.87. The van der Waals surface area contributed by atoms with Crippen LogP contribution >= 0.6 is 24.0 Å². The molecule has 0 amide bonds. The Morgan fingerprint density at radius 1 is 0.963 bits per heavy atom. The van der Waals surface area contributed by atoms with Crippen LogP contribution in [-0.4, -0.2) is 42.7 Å². The molecular weight excluding hydrogens is 473 g/mol. The summed E-state index contributed by atoms with van der Waals surface area (Å²) in [7, 11) is 0.834. The van der Waals surface area contributed by atoms with Crippen molar-refractivity contribution in [3.63, 3.8) is 0 Å². The van der Waals surface area contributed by atoms with E-state index in [1.807, 2.05) is 60.7 Å². The minimum Gasteiger partial charge on any atom is -0.375 e. The van der Waals surface area contributed by atoms with Crippen molar-refractivity contribution in [1.29, 1.82) is 0 Å². The van der Waals surface area contributed by atoms with Crippen molar-refractivity contribution >= 4 is 40.7 Å². The highest BCUT2D eigenvalue weighted by Gasteiger charge is 2.03. The molecule has 5 nitrogen and oxygen atoms in total. The first-order chi connectivity index (χ1) is 12.8.